The third kappa shape index (κ3) is 1.53. The molecule has 1 nitrogen and oxygen atoms in total. The molecule has 2 heteroatoms. The van der Waals surface area contributed by atoms with Crippen molar-refractivity contribution in [3.05, 3.63) is 22.4 Å². The molecule has 13 heavy (non-hydrogen) atoms. The lowest BCUT2D eigenvalue weighted by molar-refractivity contribution is 0.579. The third-order valence-electron chi connectivity index (χ3n) is 3.20. The van der Waals surface area contributed by atoms with Gasteiger partial charge >= 0.3 is 0 Å². The van der Waals surface area contributed by atoms with Crippen LogP contribution in [0.25, 0.3) is 0 Å². The Morgan fingerprint density at radius 2 is 2.31 bits per heavy atom. The molecule has 2 saturated carbocycles. The highest BCUT2D eigenvalue weighted by Gasteiger charge is 2.45. The summed E-state index contributed by atoms with van der Waals surface area (Å²) in [5.41, 5.74) is 0.552. The van der Waals surface area contributed by atoms with Crippen LogP contribution in [0.4, 0.5) is 0 Å². The largest absolute Gasteiger partial charge is 0.313 e. The number of thiophene rings is 1. The zero-order valence-corrected chi connectivity index (χ0v) is 8.57. The Morgan fingerprint density at radius 1 is 1.46 bits per heavy atom. The van der Waals surface area contributed by atoms with Crippen LogP contribution in [0.5, 0.6) is 0 Å². The van der Waals surface area contributed by atoms with Crippen molar-refractivity contribution in [2.75, 3.05) is 6.54 Å². The fraction of sp³-hybridized carbons (Fsp3) is 0.636. The minimum Gasteiger partial charge on any atom is -0.313 e. The maximum absolute atomic E-state index is 3.65. The van der Waals surface area contributed by atoms with Crippen LogP contribution in [0, 0.1) is 0 Å². The van der Waals surface area contributed by atoms with E-state index in [9.17, 15) is 0 Å². The smallest absolute Gasteiger partial charge is 0.0172 e. The van der Waals surface area contributed by atoms with Crippen molar-refractivity contribution in [3.8, 4) is 0 Å². The molecule has 0 atom stereocenters. The highest BCUT2D eigenvalue weighted by Crippen LogP contribution is 2.49. The Labute approximate surface area is 83.2 Å². The summed E-state index contributed by atoms with van der Waals surface area (Å²) < 4.78 is 0. The van der Waals surface area contributed by atoms with Gasteiger partial charge in [0, 0.05) is 22.9 Å². The van der Waals surface area contributed by atoms with Gasteiger partial charge in [0.25, 0.3) is 0 Å². The SMILES string of the molecule is c1csc(C2(CNC3CC3)CC2)c1. The van der Waals surface area contributed by atoms with Crippen LogP contribution >= 0.6 is 11.3 Å². The molecule has 2 aliphatic carbocycles. The van der Waals surface area contributed by atoms with Gasteiger partial charge in [-0.15, -0.1) is 11.3 Å². The highest BCUT2D eigenvalue weighted by atomic mass is 32.1. The Morgan fingerprint density at radius 3 is 2.85 bits per heavy atom. The van der Waals surface area contributed by atoms with Gasteiger partial charge in [-0.05, 0) is 37.1 Å². The van der Waals surface area contributed by atoms with Crippen LogP contribution in [-0.4, -0.2) is 12.6 Å². The Bertz CT molecular complexity index is 283. The average molecular weight is 193 g/mol. The molecular weight excluding hydrogens is 178 g/mol. The summed E-state index contributed by atoms with van der Waals surface area (Å²) >= 11 is 1.92. The topological polar surface area (TPSA) is 12.0 Å². The van der Waals surface area contributed by atoms with Crippen LogP contribution in [0.3, 0.4) is 0 Å². The van der Waals surface area contributed by atoms with Crippen molar-refractivity contribution in [2.24, 2.45) is 0 Å². The van der Waals surface area contributed by atoms with E-state index in [1.807, 2.05) is 11.3 Å². The Balaban J connectivity index is 1.66. The molecule has 3 rings (SSSR count). The molecule has 0 radical (unpaired) electrons. The molecule has 1 heterocycles. The van der Waals surface area contributed by atoms with Gasteiger partial charge in [0.15, 0.2) is 0 Å². The van der Waals surface area contributed by atoms with Crippen LogP contribution in [-0.2, 0) is 5.41 Å². The molecule has 0 spiro atoms. The Kier molecular flexibility index (Phi) is 1.74. The first kappa shape index (κ1) is 8.01. The number of hydrogen-bond donors (Lipinski definition) is 1. The molecule has 1 aromatic heterocycles. The monoisotopic (exact) mass is 193 g/mol. The normalized spacial score (nSPS) is 24.6. The summed E-state index contributed by atoms with van der Waals surface area (Å²) in [5, 5.41) is 5.86. The predicted molar refractivity (Wildman–Crippen MR) is 56.3 cm³/mol. The molecule has 70 valence electrons. The van der Waals surface area contributed by atoms with E-state index in [2.05, 4.69) is 22.8 Å². The molecule has 1 aromatic rings. The second-order valence-corrected chi connectivity index (χ2v) is 5.36. The quantitative estimate of drug-likeness (QED) is 0.775. The summed E-state index contributed by atoms with van der Waals surface area (Å²) in [7, 11) is 0. The first-order valence-corrected chi connectivity index (χ1v) is 6.04. The van der Waals surface area contributed by atoms with Crippen LogP contribution in [0.15, 0.2) is 17.5 Å². The first-order valence-electron chi connectivity index (χ1n) is 5.16. The predicted octanol–water partition coefficient (Wildman–Crippen LogP) is 2.53. The molecule has 0 bridgehead atoms. The van der Waals surface area contributed by atoms with E-state index in [0.717, 1.165) is 6.04 Å². The van der Waals surface area contributed by atoms with Crippen molar-refractivity contribution in [1.29, 1.82) is 0 Å². The molecule has 0 aliphatic heterocycles. The average Bonchev–Trinajstić information content (AvgIpc) is 3.05. The minimum atomic E-state index is 0.552. The molecule has 2 fully saturated rings. The van der Waals surface area contributed by atoms with E-state index in [4.69, 9.17) is 0 Å². The van der Waals surface area contributed by atoms with Gasteiger partial charge in [-0.25, -0.2) is 0 Å². The molecule has 0 aromatic carbocycles. The number of rotatable bonds is 4. The lowest BCUT2D eigenvalue weighted by atomic mass is 10.1. The van der Waals surface area contributed by atoms with Gasteiger partial charge in [0.1, 0.15) is 0 Å². The molecule has 1 N–H and O–H groups in total. The van der Waals surface area contributed by atoms with Gasteiger partial charge < -0.3 is 5.32 Å². The summed E-state index contributed by atoms with van der Waals surface area (Å²) in [6.07, 6.45) is 5.60. The van der Waals surface area contributed by atoms with E-state index in [1.165, 1.54) is 32.2 Å². The van der Waals surface area contributed by atoms with Gasteiger partial charge in [0.05, 0.1) is 0 Å². The maximum atomic E-state index is 3.65. The third-order valence-corrected chi connectivity index (χ3v) is 4.32. The molecule has 0 unspecified atom stereocenters. The van der Waals surface area contributed by atoms with Gasteiger partial charge in [-0.3, -0.25) is 0 Å². The molecule has 0 saturated heterocycles. The fourth-order valence-electron chi connectivity index (χ4n) is 1.87. The van der Waals surface area contributed by atoms with E-state index in [1.54, 1.807) is 4.88 Å². The molecule has 2 aliphatic rings. The second kappa shape index (κ2) is 2.82. The van der Waals surface area contributed by atoms with Gasteiger partial charge in [-0.2, -0.15) is 0 Å². The number of nitrogens with one attached hydrogen (secondary N) is 1. The van der Waals surface area contributed by atoms with Crippen molar-refractivity contribution in [3.63, 3.8) is 0 Å². The van der Waals surface area contributed by atoms with E-state index < -0.39 is 0 Å². The Hall–Kier alpha value is -0.340. The lowest BCUT2D eigenvalue weighted by Gasteiger charge is -2.13. The van der Waals surface area contributed by atoms with E-state index in [-0.39, 0.29) is 0 Å². The summed E-state index contributed by atoms with van der Waals surface area (Å²) in [5.74, 6) is 0. The van der Waals surface area contributed by atoms with Gasteiger partial charge in [-0.1, -0.05) is 6.07 Å². The summed E-state index contributed by atoms with van der Waals surface area (Å²) in [6, 6.07) is 5.33. The second-order valence-electron chi connectivity index (χ2n) is 4.41. The number of hydrogen-bond acceptors (Lipinski definition) is 2. The molecule has 0 amide bonds. The van der Waals surface area contributed by atoms with Crippen LogP contribution < -0.4 is 5.32 Å². The standard InChI is InChI=1S/C11H15NS/c1-2-10(13-7-1)11(5-6-11)8-12-9-3-4-9/h1-2,7,9,12H,3-6,8H2. The van der Waals surface area contributed by atoms with Crippen molar-refractivity contribution >= 4 is 11.3 Å². The first-order chi connectivity index (χ1) is 6.39. The summed E-state index contributed by atoms with van der Waals surface area (Å²) in [4.78, 5) is 1.60. The fourth-order valence-corrected chi connectivity index (χ4v) is 2.86. The van der Waals surface area contributed by atoms with Gasteiger partial charge in [0.2, 0.25) is 0 Å². The van der Waals surface area contributed by atoms with Crippen LogP contribution in [0.2, 0.25) is 0 Å². The lowest BCUT2D eigenvalue weighted by Crippen LogP contribution is -2.27. The summed E-state index contributed by atoms with van der Waals surface area (Å²) in [6.45, 7) is 1.22. The minimum absolute atomic E-state index is 0.552. The van der Waals surface area contributed by atoms with E-state index in [0.29, 0.717) is 5.41 Å². The van der Waals surface area contributed by atoms with Crippen molar-refractivity contribution in [1.82, 2.24) is 5.32 Å². The zero-order chi connectivity index (χ0) is 8.73. The molecular formula is C11H15NS. The van der Waals surface area contributed by atoms with Crippen molar-refractivity contribution < 1.29 is 0 Å². The van der Waals surface area contributed by atoms with Crippen LogP contribution in [0.1, 0.15) is 30.6 Å². The highest BCUT2D eigenvalue weighted by molar-refractivity contribution is 7.10. The van der Waals surface area contributed by atoms with E-state index >= 15 is 0 Å². The maximum Gasteiger partial charge on any atom is 0.0172 e. The van der Waals surface area contributed by atoms with Crippen molar-refractivity contribution in [2.45, 2.75) is 37.1 Å². The zero-order valence-electron chi connectivity index (χ0n) is 7.75.